The maximum Gasteiger partial charge on any atom is 0.170 e. The predicted molar refractivity (Wildman–Crippen MR) is 95.7 cm³/mol. The van der Waals surface area contributed by atoms with E-state index in [1.807, 2.05) is 0 Å². The van der Waals surface area contributed by atoms with Crippen LogP contribution in [0.15, 0.2) is 54.9 Å². The molecule has 1 fully saturated rings. The average Bonchev–Trinajstić information content (AvgIpc) is 2.61. The van der Waals surface area contributed by atoms with Gasteiger partial charge in [-0.15, -0.1) is 0 Å². The number of likely N-dealkylation sites (N-methyl/N-ethyl adjacent to an activating group) is 1. The van der Waals surface area contributed by atoms with E-state index in [0.29, 0.717) is 0 Å². The zero-order valence-corrected chi connectivity index (χ0v) is 14.2. The molecule has 1 aliphatic heterocycles. The Morgan fingerprint density at radius 2 is 1.57 bits per heavy atom. The summed E-state index contributed by atoms with van der Waals surface area (Å²) >= 11 is 0. The summed E-state index contributed by atoms with van der Waals surface area (Å²) in [5.41, 5.74) is 2.81. The third kappa shape index (κ3) is 4.80. The van der Waals surface area contributed by atoms with E-state index >= 15 is 0 Å². The van der Waals surface area contributed by atoms with E-state index in [1.165, 1.54) is 30.5 Å². The van der Waals surface area contributed by atoms with E-state index < -0.39 is 0 Å². The number of unbranched alkanes of at least 4 members (excludes halogenated alkanes) is 1. The summed E-state index contributed by atoms with van der Waals surface area (Å²) in [6.07, 6.45) is 8.12. The van der Waals surface area contributed by atoms with Gasteiger partial charge >= 0.3 is 0 Å². The molecule has 1 aromatic heterocycles. The van der Waals surface area contributed by atoms with Gasteiger partial charge in [-0.25, -0.2) is 4.57 Å². The number of pyridine rings is 1. The highest BCUT2D eigenvalue weighted by Gasteiger charge is 2.14. The molecular weight excluding hydrogens is 282 g/mol. The van der Waals surface area contributed by atoms with Gasteiger partial charge in [0.2, 0.25) is 0 Å². The van der Waals surface area contributed by atoms with Gasteiger partial charge < -0.3 is 9.80 Å². The molecule has 0 atom stereocenters. The van der Waals surface area contributed by atoms with Crippen LogP contribution in [0.3, 0.4) is 0 Å². The maximum atomic E-state index is 2.49. The summed E-state index contributed by atoms with van der Waals surface area (Å²) in [6, 6.07) is 15.3. The number of aryl methyl sites for hydroxylation is 2. The van der Waals surface area contributed by atoms with E-state index in [4.69, 9.17) is 0 Å². The summed E-state index contributed by atoms with van der Waals surface area (Å²) in [5, 5.41) is 0. The van der Waals surface area contributed by atoms with Crippen LogP contribution in [0, 0.1) is 0 Å². The van der Waals surface area contributed by atoms with Gasteiger partial charge in [-0.3, -0.25) is 0 Å². The van der Waals surface area contributed by atoms with E-state index in [9.17, 15) is 0 Å². The lowest BCUT2D eigenvalue weighted by Crippen LogP contribution is -2.44. The zero-order valence-electron chi connectivity index (χ0n) is 14.2. The first-order valence-corrected chi connectivity index (χ1v) is 8.78. The number of benzene rings is 1. The molecular formula is C20H28N3+. The number of aromatic nitrogens is 1. The van der Waals surface area contributed by atoms with Crippen LogP contribution in [0.4, 0.5) is 5.69 Å². The lowest BCUT2D eigenvalue weighted by molar-refractivity contribution is -0.697. The molecule has 1 saturated heterocycles. The van der Waals surface area contributed by atoms with Crippen molar-refractivity contribution in [1.29, 1.82) is 0 Å². The summed E-state index contributed by atoms with van der Waals surface area (Å²) in [6.45, 7) is 5.70. The van der Waals surface area contributed by atoms with Crippen molar-refractivity contribution in [1.82, 2.24) is 4.90 Å². The van der Waals surface area contributed by atoms with Crippen LogP contribution in [0.25, 0.3) is 0 Å². The van der Waals surface area contributed by atoms with Crippen molar-refractivity contribution in [3.63, 3.8) is 0 Å². The van der Waals surface area contributed by atoms with Gasteiger partial charge in [-0.05, 0) is 25.5 Å². The molecule has 1 aromatic carbocycles. The van der Waals surface area contributed by atoms with Crippen LogP contribution in [-0.2, 0) is 13.0 Å². The molecule has 3 heteroatoms. The Hall–Kier alpha value is -1.87. The van der Waals surface area contributed by atoms with Gasteiger partial charge in [-0.1, -0.05) is 30.3 Å². The minimum absolute atomic E-state index is 1.11. The maximum absolute atomic E-state index is 2.49. The first kappa shape index (κ1) is 16.0. The van der Waals surface area contributed by atoms with E-state index in [0.717, 1.165) is 32.7 Å². The second-order valence-corrected chi connectivity index (χ2v) is 6.53. The fourth-order valence-electron chi connectivity index (χ4n) is 3.14. The average molecular weight is 310 g/mol. The molecule has 0 aliphatic carbocycles. The highest BCUT2D eigenvalue weighted by Crippen LogP contribution is 2.13. The predicted octanol–water partition coefficient (Wildman–Crippen LogP) is 2.75. The normalized spacial score (nSPS) is 15.8. The molecule has 0 unspecified atom stereocenters. The Morgan fingerprint density at radius 3 is 2.26 bits per heavy atom. The number of piperazine rings is 1. The third-order valence-corrected chi connectivity index (χ3v) is 4.72. The van der Waals surface area contributed by atoms with Crippen molar-refractivity contribution in [3.05, 3.63) is 60.4 Å². The Morgan fingerprint density at radius 1 is 0.870 bits per heavy atom. The van der Waals surface area contributed by atoms with Crippen molar-refractivity contribution in [2.24, 2.45) is 0 Å². The molecule has 122 valence electrons. The van der Waals surface area contributed by atoms with Crippen LogP contribution < -0.4 is 9.47 Å². The molecule has 0 bridgehead atoms. The number of hydrogen-bond acceptors (Lipinski definition) is 2. The molecule has 0 saturated carbocycles. The van der Waals surface area contributed by atoms with Gasteiger partial charge in [0.25, 0.3) is 0 Å². The Bertz CT molecular complexity index is 572. The third-order valence-electron chi connectivity index (χ3n) is 4.72. The first-order chi connectivity index (χ1) is 11.3. The molecule has 1 aliphatic rings. The molecule has 0 N–H and O–H groups in total. The molecule has 0 amide bonds. The van der Waals surface area contributed by atoms with Crippen molar-refractivity contribution >= 4 is 5.69 Å². The summed E-state index contributed by atoms with van der Waals surface area (Å²) < 4.78 is 2.31. The smallest absolute Gasteiger partial charge is 0.170 e. The molecule has 3 rings (SSSR count). The topological polar surface area (TPSA) is 10.4 Å². The van der Waals surface area contributed by atoms with Crippen molar-refractivity contribution in [3.8, 4) is 0 Å². The fourth-order valence-corrected chi connectivity index (χ4v) is 3.14. The molecule has 23 heavy (non-hydrogen) atoms. The van der Waals surface area contributed by atoms with Crippen LogP contribution in [-0.4, -0.2) is 38.1 Å². The van der Waals surface area contributed by atoms with E-state index in [2.05, 4.69) is 76.3 Å². The quantitative estimate of drug-likeness (QED) is 0.600. The Balaban J connectivity index is 1.42. The monoisotopic (exact) mass is 310 g/mol. The van der Waals surface area contributed by atoms with Crippen molar-refractivity contribution in [2.75, 3.05) is 38.1 Å². The number of nitrogens with zero attached hydrogens (tertiary/aromatic N) is 3. The van der Waals surface area contributed by atoms with Crippen LogP contribution in [0.2, 0.25) is 0 Å². The number of anilines is 1. The summed E-state index contributed by atoms with van der Waals surface area (Å²) in [7, 11) is 2.20. The second-order valence-electron chi connectivity index (χ2n) is 6.53. The van der Waals surface area contributed by atoms with Crippen LogP contribution >= 0.6 is 0 Å². The highest BCUT2D eigenvalue weighted by atomic mass is 15.2. The molecule has 3 nitrogen and oxygen atoms in total. The van der Waals surface area contributed by atoms with Gasteiger partial charge in [0, 0.05) is 50.4 Å². The van der Waals surface area contributed by atoms with E-state index in [-0.39, 0.29) is 0 Å². The van der Waals surface area contributed by atoms with Gasteiger partial charge in [0.15, 0.2) is 12.4 Å². The zero-order chi connectivity index (χ0) is 15.9. The lowest BCUT2D eigenvalue weighted by atomic mass is 10.1. The van der Waals surface area contributed by atoms with Gasteiger partial charge in [0.1, 0.15) is 6.54 Å². The summed E-state index contributed by atoms with van der Waals surface area (Å²) in [4.78, 5) is 4.88. The SMILES string of the molecule is CN1CCN(c2cc[n+](CCCCc3ccccc3)cc2)CC1. The van der Waals surface area contributed by atoms with Gasteiger partial charge in [-0.2, -0.15) is 0 Å². The Kier molecular flexibility index (Phi) is 5.65. The first-order valence-electron chi connectivity index (χ1n) is 8.78. The van der Waals surface area contributed by atoms with Crippen LogP contribution in [0.5, 0.6) is 0 Å². The van der Waals surface area contributed by atoms with Crippen molar-refractivity contribution < 1.29 is 4.57 Å². The number of rotatable bonds is 6. The van der Waals surface area contributed by atoms with Gasteiger partial charge in [0.05, 0.1) is 0 Å². The summed E-state index contributed by atoms with van der Waals surface area (Å²) in [5.74, 6) is 0. The van der Waals surface area contributed by atoms with Crippen molar-refractivity contribution in [2.45, 2.75) is 25.8 Å². The second kappa shape index (κ2) is 8.11. The number of hydrogen-bond donors (Lipinski definition) is 0. The fraction of sp³-hybridized carbons (Fsp3) is 0.450. The molecule has 2 heterocycles. The lowest BCUT2D eigenvalue weighted by Gasteiger charge is -2.33. The molecule has 0 radical (unpaired) electrons. The van der Waals surface area contributed by atoms with Crippen LogP contribution in [0.1, 0.15) is 18.4 Å². The Labute approximate surface area is 140 Å². The van der Waals surface area contributed by atoms with E-state index in [1.54, 1.807) is 0 Å². The molecule has 0 spiro atoms. The largest absolute Gasteiger partial charge is 0.369 e. The minimum atomic E-state index is 1.11. The minimum Gasteiger partial charge on any atom is -0.369 e. The standard InChI is InChI=1S/C20H28N3/c1-21-15-17-23(18-16-21)20-10-13-22(14-11-20)12-6-5-9-19-7-3-2-4-8-19/h2-4,7-8,10-11,13-14H,5-6,9,12,15-18H2,1H3/q+1. The molecule has 2 aromatic rings. The highest BCUT2D eigenvalue weighted by molar-refractivity contribution is 5.44.